The first-order valence-corrected chi connectivity index (χ1v) is 3.56. The lowest BCUT2D eigenvalue weighted by molar-refractivity contribution is -0.141. The van der Waals surface area contributed by atoms with Gasteiger partial charge in [0.25, 0.3) is 0 Å². The van der Waals surface area contributed by atoms with Crippen molar-refractivity contribution in [2.24, 2.45) is 5.92 Å². The van der Waals surface area contributed by atoms with Gasteiger partial charge in [-0.1, -0.05) is 0 Å². The minimum Gasteiger partial charge on any atom is -0.462 e. The SMILES string of the molecule is O=C1C[C@H]2CCC[C@H]2O1. The highest BCUT2D eigenvalue weighted by molar-refractivity contribution is 5.72. The van der Waals surface area contributed by atoms with E-state index in [0.29, 0.717) is 18.4 Å². The number of hydrogen-bond donors (Lipinski definition) is 0. The third-order valence-electron chi connectivity index (χ3n) is 2.30. The molecule has 9 heavy (non-hydrogen) atoms. The van der Waals surface area contributed by atoms with E-state index in [-0.39, 0.29) is 5.97 Å². The number of fused-ring (bicyclic) bond motifs is 1. The van der Waals surface area contributed by atoms with Crippen LogP contribution in [0.1, 0.15) is 25.7 Å². The molecule has 1 saturated carbocycles. The maximum Gasteiger partial charge on any atom is 0.306 e. The molecule has 0 amide bonds. The van der Waals surface area contributed by atoms with Gasteiger partial charge in [-0.25, -0.2) is 0 Å². The normalized spacial score (nSPS) is 40.7. The van der Waals surface area contributed by atoms with Crippen molar-refractivity contribution in [1.82, 2.24) is 0 Å². The van der Waals surface area contributed by atoms with Crippen LogP contribution >= 0.6 is 0 Å². The van der Waals surface area contributed by atoms with E-state index in [2.05, 4.69) is 0 Å². The Labute approximate surface area is 54.2 Å². The van der Waals surface area contributed by atoms with Crippen molar-refractivity contribution >= 4 is 5.97 Å². The van der Waals surface area contributed by atoms with Crippen LogP contribution in [-0.4, -0.2) is 12.1 Å². The van der Waals surface area contributed by atoms with Crippen molar-refractivity contribution in [3.05, 3.63) is 0 Å². The summed E-state index contributed by atoms with van der Waals surface area (Å²) in [5.41, 5.74) is 0. The molecule has 0 N–H and O–H groups in total. The summed E-state index contributed by atoms with van der Waals surface area (Å²) < 4.78 is 5.05. The van der Waals surface area contributed by atoms with E-state index in [1.54, 1.807) is 0 Å². The van der Waals surface area contributed by atoms with Crippen molar-refractivity contribution in [2.75, 3.05) is 0 Å². The summed E-state index contributed by atoms with van der Waals surface area (Å²) in [6, 6.07) is 0. The Bertz CT molecular complexity index is 128. The Morgan fingerprint density at radius 2 is 2.33 bits per heavy atom. The molecule has 50 valence electrons. The van der Waals surface area contributed by atoms with Crippen LogP contribution in [-0.2, 0) is 9.53 Å². The predicted octanol–water partition coefficient (Wildman–Crippen LogP) is 1.10. The van der Waals surface area contributed by atoms with Crippen molar-refractivity contribution in [1.29, 1.82) is 0 Å². The second kappa shape index (κ2) is 1.72. The van der Waals surface area contributed by atoms with E-state index in [1.807, 2.05) is 0 Å². The molecular weight excluding hydrogens is 116 g/mol. The van der Waals surface area contributed by atoms with Crippen molar-refractivity contribution in [3.63, 3.8) is 0 Å². The highest BCUT2D eigenvalue weighted by atomic mass is 16.5. The largest absolute Gasteiger partial charge is 0.462 e. The summed E-state index contributed by atoms with van der Waals surface area (Å²) in [5.74, 6) is 0.599. The number of hydrogen-bond acceptors (Lipinski definition) is 2. The maximum absolute atomic E-state index is 10.6. The Kier molecular flexibility index (Phi) is 1.01. The first-order valence-electron chi connectivity index (χ1n) is 3.56. The molecule has 0 radical (unpaired) electrons. The van der Waals surface area contributed by atoms with Crippen LogP contribution in [0.5, 0.6) is 0 Å². The zero-order chi connectivity index (χ0) is 6.27. The number of carbonyl (C=O) groups is 1. The lowest BCUT2D eigenvalue weighted by atomic mass is 10.1. The van der Waals surface area contributed by atoms with Gasteiger partial charge in [0.15, 0.2) is 0 Å². The second-order valence-corrected chi connectivity index (χ2v) is 2.92. The van der Waals surface area contributed by atoms with E-state index < -0.39 is 0 Å². The van der Waals surface area contributed by atoms with Gasteiger partial charge in [-0.15, -0.1) is 0 Å². The van der Waals surface area contributed by atoms with Crippen molar-refractivity contribution < 1.29 is 9.53 Å². The van der Waals surface area contributed by atoms with Gasteiger partial charge < -0.3 is 4.74 Å². The smallest absolute Gasteiger partial charge is 0.306 e. The van der Waals surface area contributed by atoms with E-state index in [1.165, 1.54) is 12.8 Å². The molecule has 0 aromatic carbocycles. The van der Waals surface area contributed by atoms with Gasteiger partial charge in [0.1, 0.15) is 6.10 Å². The summed E-state index contributed by atoms with van der Waals surface area (Å²) in [6.45, 7) is 0. The molecule has 2 rings (SSSR count). The zero-order valence-corrected chi connectivity index (χ0v) is 5.30. The molecule has 2 heteroatoms. The predicted molar refractivity (Wildman–Crippen MR) is 31.8 cm³/mol. The van der Waals surface area contributed by atoms with Crippen LogP contribution in [0.25, 0.3) is 0 Å². The van der Waals surface area contributed by atoms with Gasteiger partial charge in [-0.3, -0.25) is 4.79 Å². The highest BCUT2D eigenvalue weighted by Gasteiger charge is 2.37. The van der Waals surface area contributed by atoms with E-state index in [0.717, 1.165) is 6.42 Å². The highest BCUT2D eigenvalue weighted by Crippen LogP contribution is 2.35. The minimum atomic E-state index is 0.0182. The number of rotatable bonds is 0. The third kappa shape index (κ3) is 0.732. The number of carbonyl (C=O) groups excluding carboxylic acids is 1. The molecule has 1 aliphatic carbocycles. The lowest BCUT2D eigenvalue weighted by Crippen LogP contribution is -2.06. The average Bonchev–Trinajstić information content (AvgIpc) is 2.22. The molecular formula is C7H10O2. The van der Waals surface area contributed by atoms with Crippen LogP contribution < -0.4 is 0 Å². The molecule has 1 saturated heterocycles. The van der Waals surface area contributed by atoms with Gasteiger partial charge in [-0.2, -0.15) is 0 Å². The van der Waals surface area contributed by atoms with Gasteiger partial charge in [0.2, 0.25) is 0 Å². The fraction of sp³-hybridized carbons (Fsp3) is 0.857. The topological polar surface area (TPSA) is 26.3 Å². The molecule has 2 nitrogen and oxygen atoms in total. The van der Waals surface area contributed by atoms with Crippen LogP contribution in [0.4, 0.5) is 0 Å². The van der Waals surface area contributed by atoms with Gasteiger partial charge >= 0.3 is 5.97 Å². The Morgan fingerprint density at radius 3 is 3.11 bits per heavy atom. The number of ether oxygens (including phenoxy) is 1. The van der Waals surface area contributed by atoms with Crippen LogP contribution in [0, 0.1) is 5.92 Å². The maximum atomic E-state index is 10.6. The van der Waals surface area contributed by atoms with E-state index >= 15 is 0 Å². The van der Waals surface area contributed by atoms with Crippen LogP contribution in [0.2, 0.25) is 0 Å². The fourth-order valence-corrected chi connectivity index (χ4v) is 1.82. The Balaban J connectivity index is 2.09. The Hall–Kier alpha value is -0.530. The standard InChI is InChI=1S/C7H10O2/c8-7-4-5-2-1-3-6(5)9-7/h5-6H,1-4H2/t5-,6-/m1/s1. The molecule has 0 aromatic rings. The average molecular weight is 126 g/mol. The van der Waals surface area contributed by atoms with E-state index in [4.69, 9.17) is 4.74 Å². The molecule has 0 bridgehead atoms. The second-order valence-electron chi connectivity index (χ2n) is 2.92. The molecule has 2 atom stereocenters. The van der Waals surface area contributed by atoms with Crippen LogP contribution in [0.15, 0.2) is 0 Å². The molecule has 0 aromatic heterocycles. The quantitative estimate of drug-likeness (QED) is 0.454. The summed E-state index contributed by atoms with van der Waals surface area (Å²) in [5, 5.41) is 0. The fourth-order valence-electron chi connectivity index (χ4n) is 1.82. The summed E-state index contributed by atoms with van der Waals surface area (Å²) in [7, 11) is 0. The minimum absolute atomic E-state index is 0.0182. The lowest BCUT2D eigenvalue weighted by Gasteiger charge is -2.03. The van der Waals surface area contributed by atoms with Gasteiger partial charge in [-0.05, 0) is 19.3 Å². The van der Waals surface area contributed by atoms with Gasteiger partial charge in [0, 0.05) is 5.92 Å². The molecule has 1 heterocycles. The molecule has 2 fully saturated rings. The summed E-state index contributed by atoms with van der Waals surface area (Å²) >= 11 is 0. The van der Waals surface area contributed by atoms with E-state index in [9.17, 15) is 4.79 Å². The molecule has 2 aliphatic rings. The molecule has 0 spiro atoms. The van der Waals surface area contributed by atoms with Crippen LogP contribution in [0.3, 0.4) is 0 Å². The van der Waals surface area contributed by atoms with Crippen molar-refractivity contribution in [3.8, 4) is 0 Å². The summed E-state index contributed by atoms with van der Waals surface area (Å²) in [6.07, 6.45) is 4.55. The molecule has 0 unspecified atom stereocenters. The zero-order valence-electron chi connectivity index (χ0n) is 5.30. The first-order chi connectivity index (χ1) is 4.36. The third-order valence-corrected chi connectivity index (χ3v) is 2.30. The Morgan fingerprint density at radius 1 is 1.44 bits per heavy atom. The molecule has 1 aliphatic heterocycles. The first kappa shape index (κ1) is 5.27. The monoisotopic (exact) mass is 126 g/mol. The van der Waals surface area contributed by atoms with Gasteiger partial charge in [0.05, 0.1) is 6.42 Å². The number of esters is 1. The summed E-state index contributed by atoms with van der Waals surface area (Å²) in [4.78, 5) is 10.6. The van der Waals surface area contributed by atoms with Crippen molar-refractivity contribution in [2.45, 2.75) is 31.8 Å².